The van der Waals surface area contributed by atoms with Crippen LogP contribution in [0.4, 0.5) is 0 Å². The van der Waals surface area contributed by atoms with Crippen molar-refractivity contribution in [1.29, 1.82) is 0 Å². The summed E-state index contributed by atoms with van der Waals surface area (Å²) in [6.07, 6.45) is 2.58. The molecule has 3 nitrogen and oxygen atoms in total. The summed E-state index contributed by atoms with van der Waals surface area (Å²) < 4.78 is 0. The highest BCUT2D eigenvalue weighted by atomic mass is 15.2. The van der Waals surface area contributed by atoms with Crippen molar-refractivity contribution < 1.29 is 0 Å². The molecule has 1 aromatic carbocycles. The van der Waals surface area contributed by atoms with Crippen LogP contribution in [0.3, 0.4) is 0 Å². The minimum atomic E-state index is 0.592. The summed E-state index contributed by atoms with van der Waals surface area (Å²) in [6.45, 7) is 9.82. The third kappa shape index (κ3) is 5.42. The maximum atomic E-state index is 5.87. The molecule has 0 spiro atoms. The van der Waals surface area contributed by atoms with Crippen molar-refractivity contribution >= 4 is 0 Å². The fraction of sp³-hybridized carbons (Fsp3) is 0.667. The lowest BCUT2D eigenvalue weighted by Gasteiger charge is -2.34. The fourth-order valence-corrected chi connectivity index (χ4v) is 3.12. The molecule has 0 amide bonds. The maximum absolute atomic E-state index is 5.87. The van der Waals surface area contributed by atoms with Crippen LogP contribution in [0.1, 0.15) is 32.3 Å². The van der Waals surface area contributed by atoms with E-state index in [1.807, 2.05) is 0 Å². The molecule has 1 aliphatic rings. The van der Waals surface area contributed by atoms with Crippen LogP contribution in [0, 0.1) is 11.8 Å². The quantitative estimate of drug-likeness (QED) is 0.810. The lowest BCUT2D eigenvalue weighted by molar-refractivity contribution is 0.177. The average Bonchev–Trinajstić information content (AvgIpc) is 2.49. The molecule has 21 heavy (non-hydrogen) atoms. The third-order valence-electron chi connectivity index (χ3n) is 4.67. The lowest BCUT2D eigenvalue weighted by Crippen LogP contribution is -2.47. The molecule has 3 N–H and O–H groups in total. The zero-order chi connectivity index (χ0) is 15.1. The molecule has 0 bridgehead atoms. The molecular weight excluding hydrogens is 258 g/mol. The SMILES string of the molecule is CC(C)C(CN)CNC1CCCN(Cc2ccccc2)C1. The first-order valence-corrected chi connectivity index (χ1v) is 8.38. The third-order valence-corrected chi connectivity index (χ3v) is 4.67. The van der Waals surface area contributed by atoms with Crippen LogP contribution in [-0.2, 0) is 6.54 Å². The van der Waals surface area contributed by atoms with E-state index in [9.17, 15) is 0 Å². The van der Waals surface area contributed by atoms with Crippen LogP contribution in [0.15, 0.2) is 30.3 Å². The second kappa shape index (κ2) is 8.52. The van der Waals surface area contributed by atoms with Crippen molar-refractivity contribution in [3.8, 4) is 0 Å². The van der Waals surface area contributed by atoms with Crippen molar-refractivity contribution in [3.05, 3.63) is 35.9 Å². The van der Waals surface area contributed by atoms with Gasteiger partial charge in [0.2, 0.25) is 0 Å². The molecule has 118 valence electrons. The van der Waals surface area contributed by atoms with E-state index in [0.29, 0.717) is 17.9 Å². The van der Waals surface area contributed by atoms with Crippen LogP contribution < -0.4 is 11.1 Å². The molecule has 0 aromatic heterocycles. The highest BCUT2D eigenvalue weighted by Crippen LogP contribution is 2.15. The summed E-state index contributed by atoms with van der Waals surface area (Å²) in [5.74, 6) is 1.25. The molecule has 1 fully saturated rings. The topological polar surface area (TPSA) is 41.3 Å². The van der Waals surface area contributed by atoms with E-state index in [0.717, 1.165) is 26.2 Å². The molecule has 2 rings (SSSR count). The van der Waals surface area contributed by atoms with Gasteiger partial charge in [0, 0.05) is 19.1 Å². The number of hydrogen-bond acceptors (Lipinski definition) is 3. The number of likely N-dealkylation sites (tertiary alicyclic amines) is 1. The molecule has 1 heterocycles. The number of hydrogen-bond donors (Lipinski definition) is 2. The van der Waals surface area contributed by atoms with E-state index >= 15 is 0 Å². The van der Waals surface area contributed by atoms with Gasteiger partial charge in [0.15, 0.2) is 0 Å². The van der Waals surface area contributed by atoms with Crippen LogP contribution in [0.25, 0.3) is 0 Å². The number of piperidine rings is 1. The van der Waals surface area contributed by atoms with Crippen LogP contribution >= 0.6 is 0 Å². The van der Waals surface area contributed by atoms with Gasteiger partial charge in [-0.1, -0.05) is 44.2 Å². The normalized spacial score (nSPS) is 21.6. The van der Waals surface area contributed by atoms with E-state index in [4.69, 9.17) is 5.73 Å². The molecule has 1 saturated heterocycles. The number of nitrogens with one attached hydrogen (secondary N) is 1. The molecule has 2 atom stereocenters. The molecule has 1 aromatic rings. The van der Waals surface area contributed by atoms with Gasteiger partial charge >= 0.3 is 0 Å². The Kier molecular flexibility index (Phi) is 6.68. The van der Waals surface area contributed by atoms with Gasteiger partial charge < -0.3 is 11.1 Å². The summed E-state index contributed by atoms with van der Waals surface area (Å²) in [7, 11) is 0. The monoisotopic (exact) mass is 289 g/mol. The largest absolute Gasteiger partial charge is 0.330 e. The zero-order valence-electron chi connectivity index (χ0n) is 13.6. The average molecular weight is 289 g/mol. The second-order valence-corrected chi connectivity index (χ2v) is 6.71. The Hall–Kier alpha value is -0.900. The second-order valence-electron chi connectivity index (χ2n) is 6.71. The molecule has 3 heteroatoms. The van der Waals surface area contributed by atoms with Gasteiger partial charge in [0.1, 0.15) is 0 Å². The maximum Gasteiger partial charge on any atom is 0.0234 e. The summed E-state index contributed by atoms with van der Waals surface area (Å²) >= 11 is 0. The first kappa shape index (κ1) is 16.5. The van der Waals surface area contributed by atoms with Crippen molar-refractivity contribution in [2.75, 3.05) is 26.2 Å². The van der Waals surface area contributed by atoms with Gasteiger partial charge in [0.25, 0.3) is 0 Å². The van der Waals surface area contributed by atoms with E-state index in [2.05, 4.69) is 54.4 Å². The summed E-state index contributed by atoms with van der Waals surface area (Å²) in [5.41, 5.74) is 7.29. The van der Waals surface area contributed by atoms with Gasteiger partial charge in [-0.3, -0.25) is 4.90 Å². The van der Waals surface area contributed by atoms with Gasteiger partial charge in [-0.05, 0) is 49.9 Å². The minimum Gasteiger partial charge on any atom is -0.330 e. The van der Waals surface area contributed by atoms with E-state index in [1.54, 1.807) is 0 Å². The molecule has 0 saturated carbocycles. The van der Waals surface area contributed by atoms with Crippen LogP contribution in [-0.4, -0.2) is 37.1 Å². The Morgan fingerprint density at radius 2 is 2.05 bits per heavy atom. The van der Waals surface area contributed by atoms with Crippen molar-refractivity contribution in [2.24, 2.45) is 17.6 Å². The fourth-order valence-electron chi connectivity index (χ4n) is 3.12. The number of rotatable bonds is 7. The first-order chi connectivity index (χ1) is 10.2. The summed E-state index contributed by atoms with van der Waals surface area (Å²) in [5, 5.41) is 3.75. The Bertz CT molecular complexity index is 391. The molecule has 1 aliphatic heterocycles. The summed E-state index contributed by atoms with van der Waals surface area (Å²) in [6, 6.07) is 11.4. The molecule has 0 aliphatic carbocycles. The zero-order valence-corrected chi connectivity index (χ0v) is 13.6. The van der Waals surface area contributed by atoms with Gasteiger partial charge in [-0.2, -0.15) is 0 Å². The van der Waals surface area contributed by atoms with E-state index in [1.165, 1.54) is 24.9 Å². The van der Waals surface area contributed by atoms with E-state index in [-0.39, 0.29) is 0 Å². The Morgan fingerprint density at radius 1 is 1.29 bits per heavy atom. The Labute approximate surface area is 129 Å². The first-order valence-electron chi connectivity index (χ1n) is 8.38. The lowest BCUT2D eigenvalue weighted by atomic mass is 9.95. The minimum absolute atomic E-state index is 0.592. The van der Waals surface area contributed by atoms with Crippen LogP contribution in [0.5, 0.6) is 0 Å². The Balaban J connectivity index is 1.78. The predicted molar refractivity (Wildman–Crippen MR) is 90.1 cm³/mol. The molecule has 0 radical (unpaired) electrons. The predicted octanol–water partition coefficient (Wildman–Crippen LogP) is 2.47. The molecular formula is C18H31N3. The number of nitrogens with zero attached hydrogens (tertiary/aromatic N) is 1. The summed E-state index contributed by atoms with van der Waals surface area (Å²) in [4.78, 5) is 2.57. The number of benzene rings is 1. The van der Waals surface area contributed by atoms with Crippen molar-refractivity contribution in [1.82, 2.24) is 10.2 Å². The van der Waals surface area contributed by atoms with Crippen LogP contribution in [0.2, 0.25) is 0 Å². The number of nitrogens with two attached hydrogens (primary N) is 1. The van der Waals surface area contributed by atoms with Crippen molar-refractivity contribution in [2.45, 2.75) is 39.3 Å². The van der Waals surface area contributed by atoms with E-state index < -0.39 is 0 Å². The van der Waals surface area contributed by atoms with Gasteiger partial charge in [-0.25, -0.2) is 0 Å². The van der Waals surface area contributed by atoms with Gasteiger partial charge in [0.05, 0.1) is 0 Å². The Morgan fingerprint density at radius 3 is 2.71 bits per heavy atom. The standard InChI is InChI=1S/C18H31N3/c1-15(2)17(11-19)12-20-18-9-6-10-21(14-18)13-16-7-4-3-5-8-16/h3-5,7-8,15,17-18,20H,6,9-14,19H2,1-2H3. The highest BCUT2D eigenvalue weighted by molar-refractivity contribution is 5.14. The smallest absolute Gasteiger partial charge is 0.0234 e. The van der Waals surface area contributed by atoms with Gasteiger partial charge in [-0.15, -0.1) is 0 Å². The highest BCUT2D eigenvalue weighted by Gasteiger charge is 2.21. The van der Waals surface area contributed by atoms with Crippen molar-refractivity contribution in [3.63, 3.8) is 0 Å². The molecule has 2 unspecified atom stereocenters.